The van der Waals surface area contributed by atoms with E-state index in [0.29, 0.717) is 16.9 Å². The molecule has 3 nitrogen and oxygen atoms in total. The van der Waals surface area contributed by atoms with E-state index in [0.717, 1.165) is 6.07 Å². The highest BCUT2D eigenvalue weighted by atomic mass is 19.4. The van der Waals surface area contributed by atoms with Crippen LogP contribution < -0.4 is 5.73 Å². The van der Waals surface area contributed by atoms with Crippen molar-refractivity contribution in [3.63, 3.8) is 0 Å². The Morgan fingerprint density at radius 1 is 1.00 bits per heavy atom. The lowest BCUT2D eigenvalue weighted by Gasteiger charge is -2.08. The lowest BCUT2D eigenvalue weighted by Crippen LogP contribution is -2.05. The van der Waals surface area contributed by atoms with Gasteiger partial charge in [0.15, 0.2) is 0 Å². The number of benzene rings is 2. The zero-order valence-corrected chi connectivity index (χ0v) is 10.2. The van der Waals surface area contributed by atoms with Gasteiger partial charge in [0.25, 0.3) is 0 Å². The van der Waals surface area contributed by atoms with E-state index in [-0.39, 0.29) is 5.39 Å². The zero-order valence-electron chi connectivity index (χ0n) is 10.2. The standard InChI is InChI=1S/C14H10F3N3/c15-14(16,17)12-2-1-3-13-11(12)8-19-20(13)10-6-4-9(18)5-7-10/h1-8H,18H2. The van der Waals surface area contributed by atoms with Gasteiger partial charge in [-0.15, -0.1) is 0 Å². The van der Waals surface area contributed by atoms with E-state index < -0.39 is 11.7 Å². The molecule has 6 heteroatoms. The van der Waals surface area contributed by atoms with Gasteiger partial charge in [0.2, 0.25) is 0 Å². The van der Waals surface area contributed by atoms with E-state index in [1.54, 1.807) is 30.3 Å². The maximum absolute atomic E-state index is 12.9. The zero-order chi connectivity index (χ0) is 14.3. The van der Waals surface area contributed by atoms with Gasteiger partial charge in [0.1, 0.15) is 0 Å². The maximum Gasteiger partial charge on any atom is 0.417 e. The van der Waals surface area contributed by atoms with Crippen LogP contribution in [0.15, 0.2) is 48.7 Å². The molecule has 3 aromatic rings. The number of anilines is 1. The highest BCUT2D eigenvalue weighted by Crippen LogP contribution is 2.35. The molecule has 0 atom stereocenters. The molecule has 2 N–H and O–H groups in total. The van der Waals surface area contributed by atoms with Gasteiger partial charge in [-0.3, -0.25) is 0 Å². The molecular weight excluding hydrogens is 267 g/mol. The molecule has 0 radical (unpaired) electrons. The Balaban J connectivity index is 2.22. The van der Waals surface area contributed by atoms with Crippen molar-refractivity contribution >= 4 is 16.6 Å². The van der Waals surface area contributed by atoms with Gasteiger partial charge in [-0.05, 0) is 36.4 Å². The van der Waals surface area contributed by atoms with Crippen molar-refractivity contribution in [1.82, 2.24) is 9.78 Å². The summed E-state index contributed by atoms with van der Waals surface area (Å²) in [6.45, 7) is 0. The predicted molar refractivity (Wildman–Crippen MR) is 70.5 cm³/mol. The van der Waals surface area contributed by atoms with Crippen molar-refractivity contribution in [2.75, 3.05) is 5.73 Å². The summed E-state index contributed by atoms with van der Waals surface area (Å²) in [5.41, 5.74) is 6.56. The second kappa shape index (κ2) is 4.26. The average molecular weight is 277 g/mol. The van der Waals surface area contributed by atoms with Gasteiger partial charge >= 0.3 is 6.18 Å². The van der Waals surface area contributed by atoms with Crippen LogP contribution in [0.3, 0.4) is 0 Å². The number of alkyl halides is 3. The van der Waals surface area contributed by atoms with E-state index in [4.69, 9.17) is 5.73 Å². The first-order valence-electron chi connectivity index (χ1n) is 5.87. The third-order valence-corrected chi connectivity index (χ3v) is 3.06. The van der Waals surface area contributed by atoms with Gasteiger partial charge in [-0.1, -0.05) is 6.07 Å². The summed E-state index contributed by atoms with van der Waals surface area (Å²) >= 11 is 0. The Kier molecular flexibility index (Phi) is 2.67. The number of nitrogens with two attached hydrogens (primary N) is 1. The van der Waals surface area contributed by atoms with Crippen LogP contribution in [-0.2, 0) is 6.18 Å². The molecule has 102 valence electrons. The SMILES string of the molecule is Nc1ccc(-n2ncc3c(C(F)(F)F)cccc32)cc1. The van der Waals surface area contributed by atoms with Crippen LogP contribution in [0.4, 0.5) is 18.9 Å². The van der Waals surface area contributed by atoms with Gasteiger partial charge in [-0.25, -0.2) is 4.68 Å². The fourth-order valence-electron chi connectivity index (χ4n) is 2.12. The van der Waals surface area contributed by atoms with E-state index >= 15 is 0 Å². The fraction of sp³-hybridized carbons (Fsp3) is 0.0714. The number of nitrogens with zero attached hydrogens (tertiary/aromatic N) is 2. The summed E-state index contributed by atoms with van der Waals surface area (Å²) < 4.78 is 40.2. The normalized spacial score (nSPS) is 11.9. The first-order chi connectivity index (χ1) is 9.47. The minimum absolute atomic E-state index is 0.0804. The summed E-state index contributed by atoms with van der Waals surface area (Å²) in [5, 5.41) is 4.13. The molecule has 0 fully saturated rings. The minimum Gasteiger partial charge on any atom is -0.399 e. The minimum atomic E-state index is -4.39. The van der Waals surface area contributed by atoms with Crippen LogP contribution in [0, 0.1) is 0 Å². The maximum atomic E-state index is 12.9. The molecule has 0 unspecified atom stereocenters. The van der Waals surface area contributed by atoms with Crippen molar-refractivity contribution in [1.29, 1.82) is 0 Å². The third-order valence-electron chi connectivity index (χ3n) is 3.06. The predicted octanol–water partition coefficient (Wildman–Crippen LogP) is 3.63. The topological polar surface area (TPSA) is 43.8 Å². The summed E-state index contributed by atoms with van der Waals surface area (Å²) in [6, 6.07) is 10.8. The lowest BCUT2D eigenvalue weighted by atomic mass is 10.1. The molecule has 0 amide bonds. The molecule has 0 aliphatic heterocycles. The highest BCUT2D eigenvalue weighted by molar-refractivity contribution is 5.84. The number of fused-ring (bicyclic) bond motifs is 1. The van der Waals surface area contributed by atoms with E-state index in [9.17, 15) is 13.2 Å². The van der Waals surface area contributed by atoms with E-state index in [2.05, 4.69) is 5.10 Å². The number of hydrogen-bond donors (Lipinski definition) is 1. The molecule has 0 saturated carbocycles. The monoisotopic (exact) mass is 277 g/mol. The number of nitrogen functional groups attached to an aromatic ring is 1. The summed E-state index contributed by atoms with van der Waals surface area (Å²) in [5.74, 6) is 0. The molecule has 3 rings (SSSR count). The number of aromatic nitrogens is 2. The fourth-order valence-corrected chi connectivity index (χ4v) is 2.12. The second-order valence-electron chi connectivity index (χ2n) is 4.38. The largest absolute Gasteiger partial charge is 0.417 e. The van der Waals surface area contributed by atoms with Crippen molar-refractivity contribution in [2.24, 2.45) is 0 Å². The first-order valence-corrected chi connectivity index (χ1v) is 5.87. The Hall–Kier alpha value is -2.50. The van der Waals surface area contributed by atoms with Crippen molar-refractivity contribution in [2.45, 2.75) is 6.18 Å². The first kappa shape index (κ1) is 12.5. The molecule has 0 aliphatic carbocycles. The number of hydrogen-bond acceptors (Lipinski definition) is 2. The average Bonchev–Trinajstić information content (AvgIpc) is 2.82. The molecular formula is C14H10F3N3. The number of rotatable bonds is 1. The van der Waals surface area contributed by atoms with E-state index in [1.807, 2.05) is 0 Å². The summed E-state index contributed by atoms with van der Waals surface area (Å²) in [6.07, 6.45) is -3.16. The Morgan fingerprint density at radius 2 is 1.70 bits per heavy atom. The molecule has 0 spiro atoms. The van der Waals surface area contributed by atoms with Crippen LogP contribution in [0.2, 0.25) is 0 Å². The van der Waals surface area contributed by atoms with Gasteiger partial charge < -0.3 is 5.73 Å². The molecule has 0 saturated heterocycles. The smallest absolute Gasteiger partial charge is 0.399 e. The van der Waals surface area contributed by atoms with Crippen LogP contribution in [0.25, 0.3) is 16.6 Å². The van der Waals surface area contributed by atoms with Crippen molar-refractivity contribution in [3.05, 3.63) is 54.2 Å². The van der Waals surface area contributed by atoms with Crippen LogP contribution >= 0.6 is 0 Å². The second-order valence-corrected chi connectivity index (χ2v) is 4.38. The van der Waals surface area contributed by atoms with Crippen molar-refractivity contribution in [3.8, 4) is 5.69 Å². The number of halogens is 3. The highest BCUT2D eigenvalue weighted by Gasteiger charge is 2.33. The van der Waals surface area contributed by atoms with Crippen LogP contribution in [0.1, 0.15) is 5.56 Å². The third kappa shape index (κ3) is 1.99. The molecule has 0 aliphatic rings. The van der Waals surface area contributed by atoms with Crippen LogP contribution in [0.5, 0.6) is 0 Å². The van der Waals surface area contributed by atoms with Crippen LogP contribution in [-0.4, -0.2) is 9.78 Å². The summed E-state index contributed by atoms with van der Waals surface area (Å²) in [7, 11) is 0. The molecule has 1 aromatic heterocycles. The van der Waals surface area contributed by atoms with Gasteiger partial charge in [-0.2, -0.15) is 18.3 Å². The Labute approximate surface area is 112 Å². The van der Waals surface area contributed by atoms with Crippen molar-refractivity contribution < 1.29 is 13.2 Å². The van der Waals surface area contributed by atoms with E-state index in [1.165, 1.54) is 16.9 Å². The molecule has 1 heterocycles. The molecule has 20 heavy (non-hydrogen) atoms. The molecule has 0 bridgehead atoms. The Morgan fingerprint density at radius 3 is 2.35 bits per heavy atom. The lowest BCUT2D eigenvalue weighted by molar-refractivity contribution is -0.136. The van der Waals surface area contributed by atoms with Gasteiger partial charge in [0.05, 0.1) is 23.0 Å². The quantitative estimate of drug-likeness (QED) is 0.690. The summed E-state index contributed by atoms with van der Waals surface area (Å²) in [4.78, 5) is 0. The molecule has 2 aromatic carbocycles. The van der Waals surface area contributed by atoms with Gasteiger partial charge in [0, 0.05) is 11.1 Å². The Bertz CT molecular complexity index is 757.